The van der Waals surface area contributed by atoms with Crippen LogP contribution in [0.15, 0.2) is 59.4 Å². The molecule has 3 aromatic heterocycles. The molecular weight excluding hydrogens is 422 g/mol. The van der Waals surface area contributed by atoms with Gasteiger partial charge in [0.2, 0.25) is 11.8 Å². The lowest BCUT2D eigenvalue weighted by Gasteiger charge is -2.15. The average molecular weight is 445 g/mol. The van der Waals surface area contributed by atoms with Gasteiger partial charge in [-0.25, -0.2) is 4.68 Å². The molecule has 1 saturated carbocycles. The predicted octanol–water partition coefficient (Wildman–Crippen LogP) is 1.98. The molecule has 0 bridgehead atoms. The fraction of sp³-hybridized carbons (Fsp3) is 0.304. The number of fused-ring (bicyclic) bond motifs is 1. The topological polar surface area (TPSA) is 116 Å². The third-order valence-corrected chi connectivity index (χ3v) is 5.51. The second kappa shape index (κ2) is 8.81. The van der Waals surface area contributed by atoms with Crippen molar-refractivity contribution in [2.24, 2.45) is 0 Å². The Hall–Kier alpha value is -4.08. The molecule has 168 valence electrons. The van der Waals surface area contributed by atoms with E-state index in [1.807, 2.05) is 30.3 Å². The van der Waals surface area contributed by atoms with Crippen molar-refractivity contribution in [2.45, 2.75) is 31.7 Å². The first kappa shape index (κ1) is 20.8. The van der Waals surface area contributed by atoms with Gasteiger partial charge in [-0.05, 0) is 31.9 Å². The smallest absolute Gasteiger partial charge is 0.267 e. The third-order valence-electron chi connectivity index (χ3n) is 5.51. The van der Waals surface area contributed by atoms with Gasteiger partial charge in [-0.3, -0.25) is 9.59 Å². The number of ether oxygens (including phenoxy) is 1. The van der Waals surface area contributed by atoms with Gasteiger partial charge in [0.25, 0.3) is 5.56 Å². The molecule has 1 atom stereocenters. The summed E-state index contributed by atoms with van der Waals surface area (Å²) in [5.74, 6) is 1.11. The van der Waals surface area contributed by atoms with Crippen LogP contribution in [0.25, 0.3) is 17.0 Å². The molecule has 1 fully saturated rings. The van der Waals surface area contributed by atoms with E-state index in [4.69, 9.17) is 4.74 Å². The highest BCUT2D eigenvalue weighted by atomic mass is 16.5. The van der Waals surface area contributed by atoms with E-state index in [9.17, 15) is 9.59 Å². The number of amides is 1. The van der Waals surface area contributed by atoms with Crippen LogP contribution < -0.4 is 15.6 Å². The Balaban J connectivity index is 1.19. The van der Waals surface area contributed by atoms with Gasteiger partial charge in [-0.15, -0.1) is 15.3 Å². The predicted molar refractivity (Wildman–Crippen MR) is 120 cm³/mol. The van der Waals surface area contributed by atoms with E-state index in [0.717, 1.165) is 24.1 Å². The fourth-order valence-corrected chi connectivity index (χ4v) is 3.52. The Bertz CT molecular complexity index is 1350. The molecular formula is C23H23N7O3. The van der Waals surface area contributed by atoms with E-state index in [2.05, 4.69) is 25.7 Å². The molecule has 0 saturated heterocycles. The Morgan fingerprint density at radius 1 is 1.09 bits per heavy atom. The summed E-state index contributed by atoms with van der Waals surface area (Å²) in [6, 6.07) is 15.6. The average Bonchev–Trinajstić information content (AvgIpc) is 3.61. The van der Waals surface area contributed by atoms with Crippen molar-refractivity contribution in [2.75, 3.05) is 13.2 Å². The van der Waals surface area contributed by atoms with Crippen LogP contribution in [0.3, 0.4) is 0 Å². The molecule has 1 N–H and O–H groups in total. The normalized spacial score (nSPS) is 14.2. The van der Waals surface area contributed by atoms with Gasteiger partial charge in [0.05, 0.1) is 12.2 Å². The molecule has 33 heavy (non-hydrogen) atoms. The lowest BCUT2D eigenvalue weighted by molar-refractivity contribution is -0.124. The molecule has 1 unspecified atom stereocenters. The highest BCUT2D eigenvalue weighted by Crippen LogP contribution is 2.38. The van der Waals surface area contributed by atoms with Gasteiger partial charge >= 0.3 is 0 Å². The number of carbonyl (C=O) groups is 1. The molecule has 10 heteroatoms. The molecule has 1 aliphatic carbocycles. The number of aromatic nitrogens is 6. The molecule has 10 nitrogen and oxygen atoms in total. The molecule has 0 aliphatic heterocycles. The van der Waals surface area contributed by atoms with Crippen molar-refractivity contribution in [3.63, 3.8) is 0 Å². The van der Waals surface area contributed by atoms with Crippen molar-refractivity contribution < 1.29 is 9.53 Å². The van der Waals surface area contributed by atoms with Gasteiger partial charge in [-0.2, -0.15) is 9.61 Å². The van der Waals surface area contributed by atoms with Gasteiger partial charge in [0.15, 0.2) is 11.5 Å². The van der Waals surface area contributed by atoms with Crippen LogP contribution in [-0.4, -0.2) is 48.7 Å². The van der Waals surface area contributed by atoms with Crippen molar-refractivity contribution in [3.8, 4) is 17.3 Å². The summed E-state index contributed by atoms with van der Waals surface area (Å²) in [6.07, 6.45) is 2.15. The first-order chi connectivity index (χ1) is 16.1. The highest BCUT2D eigenvalue weighted by Gasteiger charge is 2.27. The van der Waals surface area contributed by atoms with E-state index in [0.29, 0.717) is 23.3 Å². The summed E-state index contributed by atoms with van der Waals surface area (Å²) in [7, 11) is 0. The lowest BCUT2D eigenvalue weighted by Crippen LogP contribution is -2.38. The summed E-state index contributed by atoms with van der Waals surface area (Å²) in [4.78, 5) is 24.7. The van der Waals surface area contributed by atoms with E-state index in [-0.39, 0.29) is 24.6 Å². The number of hydrogen-bond acceptors (Lipinski definition) is 7. The number of carbonyl (C=O) groups excluding carboxylic acids is 1. The molecule has 0 radical (unpaired) electrons. The zero-order valence-electron chi connectivity index (χ0n) is 18.1. The minimum Gasteiger partial charge on any atom is -0.475 e. The van der Waals surface area contributed by atoms with Crippen molar-refractivity contribution in [1.82, 2.24) is 34.9 Å². The van der Waals surface area contributed by atoms with Crippen LogP contribution in [0.1, 0.15) is 37.4 Å². The monoisotopic (exact) mass is 445 g/mol. The Morgan fingerprint density at radius 3 is 2.70 bits per heavy atom. The summed E-state index contributed by atoms with van der Waals surface area (Å²) >= 11 is 0. The maximum absolute atomic E-state index is 12.5. The Kier molecular flexibility index (Phi) is 5.55. The first-order valence-corrected chi connectivity index (χ1v) is 10.9. The largest absolute Gasteiger partial charge is 0.475 e. The minimum absolute atomic E-state index is 0.213. The SMILES string of the molecule is CC(C(=O)NCCOc1ccc2nnc(-c3ccccc3)n2n1)n1nc(C2CC2)ccc1=O. The summed E-state index contributed by atoms with van der Waals surface area (Å²) in [5, 5.41) is 20.0. The zero-order valence-corrected chi connectivity index (χ0v) is 18.1. The van der Waals surface area contributed by atoms with Crippen molar-refractivity contribution >= 4 is 11.6 Å². The van der Waals surface area contributed by atoms with Crippen LogP contribution in [0.5, 0.6) is 5.88 Å². The summed E-state index contributed by atoms with van der Waals surface area (Å²) in [6.45, 7) is 2.13. The van der Waals surface area contributed by atoms with Crippen LogP contribution in [0, 0.1) is 0 Å². The quantitative estimate of drug-likeness (QED) is 0.412. The Morgan fingerprint density at radius 2 is 1.91 bits per heavy atom. The van der Waals surface area contributed by atoms with Gasteiger partial charge in [-0.1, -0.05) is 30.3 Å². The number of rotatable bonds is 8. The first-order valence-electron chi connectivity index (χ1n) is 10.9. The number of nitrogens with one attached hydrogen (secondary N) is 1. The van der Waals surface area contributed by atoms with Crippen LogP contribution in [0.2, 0.25) is 0 Å². The summed E-state index contributed by atoms with van der Waals surface area (Å²) < 4.78 is 8.57. The van der Waals surface area contributed by atoms with Gasteiger partial charge < -0.3 is 10.1 Å². The lowest BCUT2D eigenvalue weighted by atomic mass is 10.2. The fourth-order valence-electron chi connectivity index (χ4n) is 3.52. The van der Waals surface area contributed by atoms with Crippen LogP contribution >= 0.6 is 0 Å². The molecule has 5 rings (SSSR count). The van der Waals surface area contributed by atoms with Crippen molar-refractivity contribution in [3.05, 3.63) is 70.6 Å². The minimum atomic E-state index is -0.712. The van der Waals surface area contributed by atoms with Gasteiger partial charge in [0.1, 0.15) is 12.6 Å². The van der Waals surface area contributed by atoms with Gasteiger partial charge in [0, 0.05) is 23.6 Å². The second-order valence-corrected chi connectivity index (χ2v) is 7.96. The molecule has 1 aromatic carbocycles. The van der Waals surface area contributed by atoms with Crippen molar-refractivity contribution in [1.29, 1.82) is 0 Å². The molecule has 0 spiro atoms. The maximum Gasteiger partial charge on any atom is 0.267 e. The summed E-state index contributed by atoms with van der Waals surface area (Å²) in [5.41, 5.74) is 2.07. The molecule has 3 heterocycles. The number of hydrogen-bond donors (Lipinski definition) is 1. The van der Waals surface area contributed by atoms with E-state index >= 15 is 0 Å². The maximum atomic E-state index is 12.5. The molecule has 1 aliphatic rings. The standard InChI is InChI=1S/C23H23N7O3/c1-15(29-21(31)12-9-18(27-29)16-7-8-16)23(32)24-13-14-33-20-11-10-19-25-26-22(30(19)28-20)17-5-3-2-4-6-17/h2-6,9-12,15-16H,7-8,13-14H2,1H3,(H,24,32). The Labute approximate surface area is 189 Å². The molecule has 4 aromatic rings. The highest BCUT2D eigenvalue weighted by molar-refractivity contribution is 5.79. The van der Waals surface area contributed by atoms with Crippen LogP contribution in [-0.2, 0) is 4.79 Å². The van der Waals surface area contributed by atoms with Crippen LogP contribution in [0.4, 0.5) is 0 Å². The number of nitrogens with zero attached hydrogens (tertiary/aromatic N) is 6. The van der Waals surface area contributed by atoms with E-state index in [1.54, 1.807) is 29.6 Å². The van der Waals surface area contributed by atoms with E-state index in [1.165, 1.54) is 10.7 Å². The zero-order chi connectivity index (χ0) is 22.8. The second-order valence-electron chi connectivity index (χ2n) is 7.96. The van der Waals surface area contributed by atoms with E-state index < -0.39 is 6.04 Å². The number of benzene rings is 1. The molecule has 1 amide bonds. The third kappa shape index (κ3) is 4.45.